The van der Waals surface area contributed by atoms with Crippen LogP contribution in [0.25, 0.3) is 0 Å². The van der Waals surface area contributed by atoms with Crippen LogP contribution >= 0.6 is 0 Å². The highest BCUT2D eigenvalue weighted by Gasteiger charge is 2.63. The molecule has 52 heavy (non-hydrogen) atoms. The van der Waals surface area contributed by atoms with Gasteiger partial charge in [0.25, 0.3) is 0 Å². The summed E-state index contributed by atoms with van der Waals surface area (Å²) in [6.45, 7) is 18.6. The normalized spacial score (nSPS) is 46.2. The van der Waals surface area contributed by atoms with Crippen LogP contribution in [0.1, 0.15) is 113 Å². The van der Waals surface area contributed by atoms with E-state index in [9.17, 15) is 39.9 Å². The van der Waals surface area contributed by atoms with E-state index in [1.165, 1.54) is 17.7 Å². The zero-order valence-corrected chi connectivity index (χ0v) is 32.9. The van der Waals surface area contributed by atoms with E-state index in [4.69, 9.17) is 9.57 Å². The molecule has 296 valence electrons. The lowest BCUT2D eigenvalue weighted by molar-refractivity contribution is -0.321. The Morgan fingerprint density at radius 2 is 1.62 bits per heavy atom. The molecule has 0 aromatic carbocycles. The predicted octanol–water partition coefficient (Wildman–Crippen LogP) is 4.40. The molecule has 3 saturated carbocycles. The highest BCUT2D eigenvalue weighted by Crippen LogP contribution is 2.69. The molecule has 0 spiro atoms. The van der Waals surface area contributed by atoms with E-state index in [0.29, 0.717) is 31.2 Å². The fraction of sp³-hybridized carbons (Fsp3) is 0.875. The van der Waals surface area contributed by atoms with Gasteiger partial charge in [-0.15, -0.1) is 0 Å². The van der Waals surface area contributed by atoms with Crippen molar-refractivity contribution >= 4 is 17.7 Å². The Morgan fingerprint density at radius 1 is 0.962 bits per heavy atom. The number of carboxylic acid groups (broad SMARTS) is 2. The number of ketones is 1. The summed E-state index contributed by atoms with van der Waals surface area (Å²) in [7, 11) is 1.38. The maximum Gasteiger partial charge on any atom is 0.335 e. The van der Waals surface area contributed by atoms with E-state index < -0.39 is 48.0 Å². The van der Waals surface area contributed by atoms with Crippen LogP contribution in [0, 0.1) is 50.7 Å². The number of carbonyl (C=O) groups excluding carboxylic acids is 1. The van der Waals surface area contributed by atoms with Gasteiger partial charge in [-0.1, -0.05) is 54.0 Å². The standard InChI is InChI=1S/C40H66N2O10/c1-22-10-11-28(41-18-19-42(51-9)33-31(46)29(44)30(45)32(52-33)34(47)48)36(3,4)24(22)12-13-39(7)23(2)27(43)20-25-26-21-38(6,35(49)50)15-14-37(26,5)16-17-40(25,39)8/h20,22-24,26,28-33,41,44-46H,10-19,21H2,1-9H3,(H,47,48)(H,49,50)/t22-,23+,24?,26+,28+,29+,30+,31-,32+,33-,37-,38+,39-,40-/m1/s1. The van der Waals surface area contributed by atoms with Crippen molar-refractivity contribution in [3.05, 3.63) is 11.6 Å². The smallest absolute Gasteiger partial charge is 0.335 e. The van der Waals surface area contributed by atoms with Crippen LogP contribution in [0.15, 0.2) is 11.6 Å². The molecule has 1 unspecified atom stereocenters. The maximum absolute atomic E-state index is 13.9. The van der Waals surface area contributed by atoms with Gasteiger partial charge in [0.2, 0.25) is 0 Å². The second-order valence-electron chi connectivity index (χ2n) is 18.9. The highest BCUT2D eigenvalue weighted by molar-refractivity contribution is 5.94. The Hall–Kier alpha value is -1.93. The number of hydrogen-bond acceptors (Lipinski definition) is 10. The molecule has 0 aromatic rings. The number of carbonyl (C=O) groups is 3. The van der Waals surface area contributed by atoms with Gasteiger partial charge in [-0.2, -0.15) is 5.06 Å². The van der Waals surface area contributed by atoms with Gasteiger partial charge in [-0.3, -0.25) is 14.4 Å². The van der Waals surface area contributed by atoms with Gasteiger partial charge in [-0.05, 0) is 110 Å². The van der Waals surface area contributed by atoms with Gasteiger partial charge in [0.15, 0.2) is 18.1 Å². The van der Waals surface area contributed by atoms with Crippen LogP contribution in [0.2, 0.25) is 0 Å². The number of rotatable bonds is 11. The topological polar surface area (TPSA) is 186 Å². The van der Waals surface area contributed by atoms with Gasteiger partial charge in [0.05, 0.1) is 12.5 Å². The fourth-order valence-electron chi connectivity index (χ4n) is 11.5. The van der Waals surface area contributed by atoms with Gasteiger partial charge >= 0.3 is 11.9 Å². The summed E-state index contributed by atoms with van der Waals surface area (Å²) in [5.74, 6) is -1.24. The summed E-state index contributed by atoms with van der Waals surface area (Å²) in [4.78, 5) is 43.4. The molecule has 4 aliphatic carbocycles. The second-order valence-corrected chi connectivity index (χ2v) is 18.9. The number of carboxylic acids is 2. The van der Waals surface area contributed by atoms with E-state index in [1.54, 1.807) is 0 Å². The van der Waals surface area contributed by atoms with Crippen LogP contribution in [0.4, 0.5) is 0 Å². The highest BCUT2D eigenvalue weighted by atomic mass is 16.7. The zero-order chi connectivity index (χ0) is 38.8. The molecule has 0 radical (unpaired) electrons. The quantitative estimate of drug-likeness (QED) is 0.165. The minimum Gasteiger partial charge on any atom is -0.481 e. The van der Waals surface area contributed by atoms with Crippen molar-refractivity contribution in [3.63, 3.8) is 0 Å². The Bertz CT molecular complexity index is 1400. The molecule has 5 aliphatic rings. The van der Waals surface area contributed by atoms with Crippen molar-refractivity contribution in [2.75, 3.05) is 20.2 Å². The molecule has 14 atom stereocenters. The first-order chi connectivity index (χ1) is 24.1. The minimum atomic E-state index is -1.77. The van der Waals surface area contributed by atoms with Gasteiger partial charge < -0.3 is 35.6 Å². The molecule has 0 amide bonds. The first kappa shape index (κ1) is 41.2. The SMILES string of the molecule is CON(CCN[C@H]1CC[C@@H](C)C(CC[C@]2(C)[C@@H](C)C(=O)C=C3[C@@H]4C[C@@](C)(C(=O)O)CC[C@]4(C)CC[C@]32C)C1(C)C)[C@@H]1O[C@H](C(=O)O)[C@@H](O)[C@H](O)[C@H]1O. The molecule has 6 N–H and O–H groups in total. The van der Waals surface area contributed by atoms with Crippen LogP contribution in [-0.4, -0.2) is 105 Å². The average molecular weight is 735 g/mol. The number of aliphatic carboxylic acids is 2. The molecular formula is C40H66N2O10. The number of hydrogen-bond donors (Lipinski definition) is 6. The third-order valence-corrected chi connectivity index (χ3v) is 15.9. The van der Waals surface area contributed by atoms with Crippen LogP contribution in [-0.2, 0) is 24.0 Å². The van der Waals surface area contributed by atoms with Gasteiger partial charge in [-0.25, -0.2) is 4.79 Å². The molecule has 1 heterocycles. The third-order valence-electron chi connectivity index (χ3n) is 15.9. The lowest BCUT2D eigenvalue weighted by atomic mass is 9.40. The molecular weight excluding hydrogens is 668 g/mol. The van der Waals surface area contributed by atoms with Crippen molar-refractivity contribution < 1.29 is 49.5 Å². The van der Waals surface area contributed by atoms with E-state index in [2.05, 4.69) is 53.8 Å². The number of nitrogens with one attached hydrogen (secondary N) is 1. The molecule has 0 bridgehead atoms. The van der Waals surface area contributed by atoms with Gasteiger partial charge in [0.1, 0.15) is 18.3 Å². The van der Waals surface area contributed by atoms with Crippen molar-refractivity contribution in [1.82, 2.24) is 10.4 Å². The number of nitrogens with zero attached hydrogens (tertiary/aromatic N) is 1. The number of ether oxygens (including phenoxy) is 1. The molecule has 1 aliphatic heterocycles. The summed E-state index contributed by atoms with van der Waals surface area (Å²) >= 11 is 0. The lowest BCUT2D eigenvalue weighted by Crippen LogP contribution is -2.64. The maximum atomic E-state index is 13.9. The molecule has 4 fully saturated rings. The Kier molecular flexibility index (Phi) is 11.6. The van der Waals surface area contributed by atoms with Crippen molar-refractivity contribution in [2.24, 2.45) is 50.7 Å². The van der Waals surface area contributed by atoms with Crippen LogP contribution in [0.5, 0.6) is 0 Å². The minimum absolute atomic E-state index is 0.000539. The first-order valence-electron chi connectivity index (χ1n) is 19.5. The third kappa shape index (κ3) is 6.81. The van der Waals surface area contributed by atoms with Gasteiger partial charge in [0, 0.05) is 25.0 Å². The Labute approximate surface area is 309 Å². The van der Waals surface area contributed by atoms with Crippen LogP contribution < -0.4 is 5.32 Å². The lowest BCUT2D eigenvalue weighted by Gasteiger charge is -2.64. The average Bonchev–Trinajstić information content (AvgIpc) is 3.07. The number of hydroxylamine groups is 2. The molecule has 5 rings (SSSR count). The second kappa shape index (κ2) is 14.6. The molecule has 1 saturated heterocycles. The number of allylic oxidation sites excluding steroid dienone is 2. The molecule has 0 aromatic heterocycles. The Balaban J connectivity index is 1.29. The fourth-order valence-corrected chi connectivity index (χ4v) is 11.5. The largest absolute Gasteiger partial charge is 0.481 e. The summed E-state index contributed by atoms with van der Waals surface area (Å²) in [5.41, 5.74) is -0.196. The van der Waals surface area contributed by atoms with E-state index >= 15 is 0 Å². The van der Waals surface area contributed by atoms with Crippen molar-refractivity contribution in [2.45, 2.75) is 150 Å². The summed E-state index contributed by atoms with van der Waals surface area (Å²) in [5, 5.41) is 55.7. The number of aliphatic hydroxyl groups is 3. The van der Waals surface area contributed by atoms with E-state index in [-0.39, 0.29) is 51.9 Å². The zero-order valence-electron chi connectivity index (χ0n) is 32.9. The summed E-state index contributed by atoms with van der Waals surface area (Å²) in [6, 6.07) is 0.152. The van der Waals surface area contributed by atoms with Crippen LogP contribution in [0.3, 0.4) is 0 Å². The molecule has 12 heteroatoms. The van der Waals surface area contributed by atoms with Crippen molar-refractivity contribution in [3.8, 4) is 0 Å². The first-order valence-corrected chi connectivity index (χ1v) is 19.5. The number of aliphatic hydroxyl groups excluding tert-OH is 3. The Morgan fingerprint density at radius 3 is 2.23 bits per heavy atom. The predicted molar refractivity (Wildman–Crippen MR) is 194 cm³/mol. The van der Waals surface area contributed by atoms with Crippen molar-refractivity contribution in [1.29, 1.82) is 0 Å². The van der Waals surface area contributed by atoms with E-state index in [1.807, 2.05) is 13.0 Å². The monoisotopic (exact) mass is 734 g/mol. The summed E-state index contributed by atoms with van der Waals surface area (Å²) in [6.07, 6.45) is 1.86. The molecule has 12 nitrogen and oxygen atoms in total. The number of fused-ring (bicyclic) bond motifs is 3. The summed E-state index contributed by atoms with van der Waals surface area (Å²) < 4.78 is 5.49. The van der Waals surface area contributed by atoms with E-state index in [0.717, 1.165) is 44.9 Å².